The lowest BCUT2D eigenvalue weighted by Gasteiger charge is -2.46. The zero-order valence-corrected chi connectivity index (χ0v) is 29.1. The fraction of sp³-hybridized carbons (Fsp3) is 0.149. The zero-order valence-electron chi connectivity index (χ0n) is 29.1. The molecule has 3 aliphatic rings. The average Bonchev–Trinajstić information content (AvgIpc) is 3.36. The van der Waals surface area contributed by atoms with Crippen LogP contribution < -0.4 is 14.5 Å². The van der Waals surface area contributed by atoms with E-state index in [0.29, 0.717) is 0 Å². The summed E-state index contributed by atoms with van der Waals surface area (Å²) in [7, 11) is 0. The minimum atomic E-state index is -0.275. The number of aryl methyl sites for hydroxylation is 1. The number of benzene rings is 7. The molecule has 0 saturated heterocycles. The Balaban J connectivity index is 1.26. The van der Waals surface area contributed by atoms with Crippen LogP contribution in [0.5, 0.6) is 11.5 Å². The summed E-state index contributed by atoms with van der Waals surface area (Å²) < 4.78 is 6.94. The van der Waals surface area contributed by atoms with Gasteiger partial charge in [-0.3, -0.25) is 0 Å². The quantitative estimate of drug-likeness (QED) is 0.190. The summed E-state index contributed by atoms with van der Waals surface area (Å²) >= 11 is 0. The second kappa shape index (κ2) is 10.1. The van der Waals surface area contributed by atoms with Gasteiger partial charge in [0.05, 0.1) is 28.4 Å². The van der Waals surface area contributed by atoms with E-state index in [0.717, 1.165) is 39.9 Å². The van der Waals surface area contributed by atoms with Crippen molar-refractivity contribution in [2.24, 2.45) is 0 Å². The lowest BCUT2D eigenvalue weighted by Crippen LogP contribution is -2.33. The number of rotatable bonds is 3. The van der Waals surface area contributed by atoms with Gasteiger partial charge < -0.3 is 14.5 Å². The van der Waals surface area contributed by atoms with Gasteiger partial charge in [-0.25, -0.2) is 0 Å². The van der Waals surface area contributed by atoms with Crippen molar-refractivity contribution in [3.8, 4) is 22.6 Å². The standard InChI is InChI=1S/C47H38N2O/c1-29-14-12-23-42-44(29)49-41-21-11-10-20-37(41)47(4,5)39-27-32(28-43(50-42)45(39)49)48(40-22-13-16-30-15-6-7-17-33(30)40)31-24-25-35-34-18-8-9-19-36(34)46(2,3)38(35)26-31/h6-28H,1-5H3. The van der Waals surface area contributed by atoms with Gasteiger partial charge in [0.1, 0.15) is 0 Å². The molecule has 0 atom stereocenters. The van der Waals surface area contributed by atoms with Crippen molar-refractivity contribution in [3.05, 3.63) is 167 Å². The second-order valence-corrected chi connectivity index (χ2v) is 15.1. The van der Waals surface area contributed by atoms with Crippen LogP contribution >= 0.6 is 0 Å². The molecule has 0 radical (unpaired) electrons. The van der Waals surface area contributed by atoms with Crippen LogP contribution in [0.1, 0.15) is 55.5 Å². The van der Waals surface area contributed by atoms with Gasteiger partial charge in [0, 0.05) is 28.0 Å². The molecule has 3 heteroatoms. The monoisotopic (exact) mass is 646 g/mol. The van der Waals surface area contributed by atoms with Gasteiger partial charge in [-0.1, -0.05) is 125 Å². The Morgan fingerprint density at radius 1 is 0.520 bits per heavy atom. The summed E-state index contributed by atoms with van der Waals surface area (Å²) in [6.07, 6.45) is 0. The maximum atomic E-state index is 6.94. The van der Waals surface area contributed by atoms with Crippen molar-refractivity contribution in [2.75, 3.05) is 9.80 Å². The predicted octanol–water partition coefficient (Wildman–Crippen LogP) is 13.1. The van der Waals surface area contributed by atoms with E-state index in [1.165, 1.54) is 55.4 Å². The van der Waals surface area contributed by atoms with Crippen LogP contribution in [0.4, 0.5) is 34.1 Å². The van der Waals surface area contributed by atoms with E-state index in [9.17, 15) is 0 Å². The number of hydrogen-bond donors (Lipinski definition) is 0. The molecule has 0 N–H and O–H groups in total. The third kappa shape index (κ3) is 3.86. The molecule has 0 fully saturated rings. The number of hydrogen-bond acceptors (Lipinski definition) is 3. The molecule has 242 valence electrons. The highest BCUT2D eigenvalue weighted by atomic mass is 16.5. The number of anilines is 6. The first-order chi connectivity index (χ1) is 24.2. The number of fused-ring (bicyclic) bond motifs is 8. The molecule has 50 heavy (non-hydrogen) atoms. The molecule has 0 unspecified atom stereocenters. The van der Waals surface area contributed by atoms with Crippen molar-refractivity contribution >= 4 is 44.9 Å². The van der Waals surface area contributed by atoms with Crippen LogP contribution in [0.3, 0.4) is 0 Å². The largest absolute Gasteiger partial charge is 0.453 e. The topological polar surface area (TPSA) is 15.7 Å². The van der Waals surface area contributed by atoms with Crippen LogP contribution in [-0.2, 0) is 10.8 Å². The summed E-state index contributed by atoms with van der Waals surface area (Å²) in [5.74, 6) is 1.75. The van der Waals surface area contributed by atoms with Crippen LogP contribution in [-0.4, -0.2) is 0 Å². The summed E-state index contributed by atoms with van der Waals surface area (Å²) in [6.45, 7) is 11.6. The van der Waals surface area contributed by atoms with Gasteiger partial charge in [-0.15, -0.1) is 0 Å². The minimum Gasteiger partial charge on any atom is -0.453 e. The lowest BCUT2D eigenvalue weighted by molar-refractivity contribution is 0.471. The zero-order chi connectivity index (χ0) is 33.9. The van der Waals surface area contributed by atoms with Crippen LogP contribution in [0, 0.1) is 6.92 Å². The first-order valence-electron chi connectivity index (χ1n) is 17.6. The average molecular weight is 647 g/mol. The molecule has 0 spiro atoms. The van der Waals surface area contributed by atoms with Crippen molar-refractivity contribution in [3.63, 3.8) is 0 Å². The molecular formula is C47H38N2O. The molecule has 7 aromatic carbocycles. The predicted molar refractivity (Wildman–Crippen MR) is 208 cm³/mol. The van der Waals surface area contributed by atoms with Gasteiger partial charge in [0.2, 0.25) is 0 Å². The van der Waals surface area contributed by atoms with Gasteiger partial charge in [0.15, 0.2) is 11.5 Å². The number of para-hydroxylation sites is 2. The molecule has 0 aromatic heterocycles. The van der Waals surface area contributed by atoms with Gasteiger partial charge in [0.25, 0.3) is 0 Å². The molecule has 7 aromatic rings. The van der Waals surface area contributed by atoms with E-state index in [-0.39, 0.29) is 10.8 Å². The normalized spacial score (nSPS) is 15.3. The van der Waals surface area contributed by atoms with E-state index in [2.05, 4.69) is 184 Å². The molecule has 3 nitrogen and oxygen atoms in total. The van der Waals surface area contributed by atoms with E-state index >= 15 is 0 Å². The lowest BCUT2D eigenvalue weighted by atomic mass is 9.72. The van der Waals surface area contributed by atoms with Crippen molar-refractivity contribution in [1.82, 2.24) is 0 Å². The van der Waals surface area contributed by atoms with Crippen molar-refractivity contribution in [2.45, 2.75) is 45.4 Å². The summed E-state index contributed by atoms with van der Waals surface area (Å²) in [5, 5.41) is 2.42. The fourth-order valence-corrected chi connectivity index (χ4v) is 8.98. The molecule has 10 rings (SSSR count). The molecule has 0 bridgehead atoms. The van der Waals surface area contributed by atoms with Gasteiger partial charge >= 0.3 is 0 Å². The van der Waals surface area contributed by atoms with Gasteiger partial charge in [-0.2, -0.15) is 0 Å². The smallest absolute Gasteiger partial charge is 0.153 e. The summed E-state index contributed by atoms with van der Waals surface area (Å²) in [6, 6.07) is 51.2. The van der Waals surface area contributed by atoms with E-state index in [1.807, 2.05) is 0 Å². The third-order valence-corrected chi connectivity index (χ3v) is 11.5. The highest BCUT2D eigenvalue weighted by molar-refractivity contribution is 6.01. The van der Waals surface area contributed by atoms with E-state index in [4.69, 9.17) is 4.74 Å². The molecule has 1 aliphatic carbocycles. The SMILES string of the molecule is Cc1cccc2c1N1c3ccccc3C(C)(C)c3cc(N(c4ccc5c(c4)C(C)(C)c4ccccc4-5)c4cccc5ccccc45)cc(c31)O2. The second-order valence-electron chi connectivity index (χ2n) is 15.1. The Morgan fingerprint density at radius 3 is 2.08 bits per heavy atom. The highest BCUT2D eigenvalue weighted by Crippen LogP contribution is 2.62. The minimum absolute atomic E-state index is 0.120. The van der Waals surface area contributed by atoms with E-state index in [1.54, 1.807) is 0 Å². The fourth-order valence-electron chi connectivity index (χ4n) is 8.98. The van der Waals surface area contributed by atoms with Crippen LogP contribution in [0.15, 0.2) is 140 Å². The molecule has 2 heterocycles. The Bertz CT molecular complexity index is 2550. The molecular weight excluding hydrogens is 609 g/mol. The van der Waals surface area contributed by atoms with E-state index < -0.39 is 0 Å². The Labute approximate surface area is 294 Å². The number of ether oxygens (including phenoxy) is 1. The summed E-state index contributed by atoms with van der Waals surface area (Å²) in [5.41, 5.74) is 15.5. The third-order valence-electron chi connectivity index (χ3n) is 11.5. The Morgan fingerprint density at radius 2 is 1.20 bits per heavy atom. The summed E-state index contributed by atoms with van der Waals surface area (Å²) in [4.78, 5) is 4.90. The Hall–Kier alpha value is -5.80. The molecule has 0 saturated carbocycles. The first-order valence-corrected chi connectivity index (χ1v) is 17.6. The maximum absolute atomic E-state index is 6.94. The molecule has 2 aliphatic heterocycles. The molecule has 0 amide bonds. The van der Waals surface area contributed by atoms with Crippen LogP contribution in [0.25, 0.3) is 21.9 Å². The number of nitrogens with zero attached hydrogens (tertiary/aromatic N) is 2. The van der Waals surface area contributed by atoms with Crippen molar-refractivity contribution in [1.29, 1.82) is 0 Å². The maximum Gasteiger partial charge on any atom is 0.153 e. The van der Waals surface area contributed by atoms with Crippen LogP contribution in [0.2, 0.25) is 0 Å². The van der Waals surface area contributed by atoms with Crippen molar-refractivity contribution < 1.29 is 4.74 Å². The highest BCUT2D eigenvalue weighted by Gasteiger charge is 2.43. The van der Waals surface area contributed by atoms with Gasteiger partial charge in [-0.05, 0) is 87.7 Å². The first kappa shape index (κ1) is 29.1. The Kier molecular flexibility index (Phi) is 5.90.